The minimum absolute atomic E-state index is 0.0309. The Hall–Kier alpha value is -4.89. The standard InChI is InChI=1S/C33H30N4O5/c1-2-41-33(40)27-20-26-30(34-28-12-6-7-17-36(28)32(26)39)37(21-25-11-8-18-42-25)31(27)35-29(38)19-22-13-15-24(16-14-22)23-9-4-3-5-10-23/h3-7,9-10,12-17,20,25H,2,8,11,18-19,21H2,1H3. The molecule has 212 valence electrons. The maximum Gasteiger partial charge on any atom is 0.341 e. The summed E-state index contributed by atoms with van der Waals surface area (Å²) in [6.45, 7) is 2.71. The maximum atomic E-state index is 13.5. The van der Waals surface area contributed by atoms with Crippen molar-refractivity contribution in [2.75, 3.05) is 13.2 Å². The highest BCUT2D eigenvalue weighted by atomic mass is 16.5. The molecule has 0 radical (unpaired) electrons. The molecule has 0 saturated carbocycles. The molecule has 1 amide bonds. The lowest BCUT2D eigenvalue weighted by Gasteiger charge is -2.18. The summed E-state index contributed by atoms with van der Waals surface area (Å²) >= 11 is 0. The van der Waals surface area contributed by atoms with Gasteiger partial charge in [0.15, 0.2) is 5.49 Å². The zero-order valence-corrected chi connectivity index (χ0v) is 23.2. The number of pyridine rings is 2. The van der Waals surface area contributed by atoms with Crippen LogP contribution in [0.4, 0.5) is 0 Å². The van der Waals surface area contributed by atoms with Crippen molar-refractivity contribution in [3.05, 3.63) is 112 Å². The van der Waals surface area contributed by atoms with E-state index in [0.29, 0.717) is 17.9 Å². The molecule has 9 heteroatoms. The van der Waals surface area contributed by atoms with Crippen molar-refractivity contribution in [3.63, 3.8) is 0 Å². The minimum Gasteiger partial charge on any atom is -0.462 e. The Balaban J connectivity index is 1.49. The average molecular weight is 563 g/mol. The number of benzene rings is 2. The molecule has 3 aromatic heterocycles. The molecule has 0 bridgehead atoms. The monoisotopic (exact) mass is 562 g/mol. The number of aromatic nitrogens is 3. The molecule has 42 heavy (non-hydrogen) atoms. The first-order valence-corrected chi connectivity index (χ1v) is 14.1. The van der Waals surface area contributed by atoms with Crippen molar-refractivity contribution in [3.8, 4) is 11.1 Å². The Morgan fingerprint density at radius 3 is 2.52 bits per heavy atom. The van der Waals surface area contributed by atoms with Gasteiger partial charge in [0.1, 0.15) is 16.9 Å². The van der Waals surface area contributed by atoms with E-state index >= 15 is 0 Å². The Morgan fingerprint density at radius 2 is 1.79 bits per heavy atom. The number of nitrogens with zero attached hydrogens (tertiary/aromatic N) is 4. The molecule has 4 heterocycles. The number of amides is 1. The molecule has 2 aromatic carbocycles. The van der Waals surface area contributed by atoms with Gasteiger partial charge in [-0.3, -0.25) is 14.0 Å². The van der Waals surface area contributed by atoms with E-state index < -0.39 is 11.9 Å². The predicted octanol–water partition coefficient (Wildman–Crippen LogP) is 4.34. The third-order valence-corrected chi connectivity index (χ3v) is 7.34. The summed E-state index contributed by atoms with van der Waals surface area (Å²) in [5, 5.41) is 0.225. The van der Waals surface area contributed by atoms with Crippen LogP contribution in [-0.2, 0) is 27.2 Å². The summed E-state index contributed by atoms with van der Waals surface area (Å²) in [5.74, 6) is -1.11. The van der Waals surface area contributed by atoms with E-state index in [2.05, 4.69) is 4.99 Å². The highest BCUT2D eigenvalue weighted by molar-refractivity contribution is 5.94. The fourth-order valence-electron chi connectivity index (χ4n) is 5.30. The maximum absolute atomic E-state index is 13.5. The van der Waals surface area contributed by atoms with Crippen LogP contribution in [0.15, 0.2) is 94.8 Å². The van der Waals surface area contributed by atoms with Gasteiger partial charge >= 0.3 is 5.97 Å². The zero-order valence-electron chi connectivity index (χ0n) is 23.2. The zero-order chi connectivity index (χ0) is 29.1. The van der Waals surface area contributed by atoms with Crippen LogP contribution in [0.3, 0.4) is 0 Å². The molecule has 1 aliphatic heterocycles. The van der Waals surface area contributed by atoms with Crippen molar-refractivity contribution < 1.29 is 19.1 Å². The van der Waals surface area contributed by atoms with Crippen LogP contribution in [0, 0.1) is 0 Å². The van der Waals surface area contributed by atoms with Crippen molar-refractivity contribution in [1.29, 1.82) is 0 Å². The van der Waals surface area contributed by atoms with Gasteiger partial charge in [0.05, 0.1) is 31.1 Å². The number of esters is 1. The molecule has 9 nitrogen and oxygen atoms in total. The number of ether oxygens (including phenoxy) is 2. The molecule has 1 unspecified atom stereocenters. The van der Waals surface area contributed by atoms with Crippen molar-refractivity contribution >= 4 is 28.6 Å². The van der Waals surface area contributed by atoms with Gasteiger partial charge in [-0.05, 0) is 54.7 Å². The molecular weight excluding hydrogens is 532 g/mol. The van der Waals surface area contributed by atoms with Crippen LogP contribution in [0.25, 0.3) is 27.8 Å². The molecule has 1 atom stereocenters. The highest BCUT2D eigenvalue weighted by Crippen LogP contribution is 2.20. The van der Waals surface area contributed by atoms with Gasteiger partial charge in [-0.2, -0.15) is 4.99 Å². The quantitative estimate of drug-likeness (QED) is 0.216. The smallest absolute Gasteiger partial charge is 0.341 e. The number of hydrogen-bond acceptors (Lipinski definition) is 6. The fourth-order valence-corrected chi connectivity index (χ4v) is 5.30. The predicted molar refractivity (Wildman–Crippen MR) is 158 cm³/mol. The second-order valence-electron chi connectivity index (χ2n) is 10.2. The first kappa shape index (κ1) is 27.3. The van der Waals surface area contributed by atoms with E-state index in [1.807, 2.05) is 54.6 Å². The fraction of sp³-hybridized carbons (Fsp3) is 0.242. The van der Waals surface area contributed by atoms with Crippen LogP contribution >= 0.6 is 0 Å². The first-order valence-electron chi connectivity index (χ1n) is 14.1. The number of carbonyl (C=O) groups is 2. The van der Waals surface area contributed by atoms with Gasteiger partial charge < -0.3 is 14.0 Å². The summed E-state index contributed by atoms with van der Waals surface area (Å²) in [5.41, 5.74) is 3.49. The molecule has 0 aliphatic carbocycles. The van der Waals surface area contributed by atoms with E-state index in [9.17, 15) is 14.4 Å². The lowest BCUT2D eigenvalue weighted by atomic mass is 10.0. The molecule has 0 N–H and O–H groups in total. The number of hydrogen-bond donors (Lipinski definition) is 0. The van der Waals surface area contributed by atoms with Crippen LogP contribution < -0.4 is 11.0 Å². The van der Waals surface area contributed by atoms with Crippen LogP contribution in [0.1, 0.15) is 35.7 Å². The second kappa shape index (κ2) is 11.9. The second-order valence-corrected chi connectivity index (χ2v) is 10.2. The Morgan fingerprint density at radius 1 is 1.02 bits per heavy atom. The summed E-state index contributed by atoms with van der Waals surface area (Å²) in [4.78, 5) is 49.4. The Labute approximate surface area is 241 Å². The summed E-state index contributed by atoms with van der Waals surface area (Å²) in [6.07, 6.45) is 3.17. The largest absolute Gasteiger partial charge is 0.462 e. The van der Waals surface area contributed by atoms with Gasteiger partial charge in [0, 0.05) is 12.8 Å². The summed E-state index contributed by atoms with van der Waals surface area (Å²) in [6, 6.07) is 24.4. The molecule has 1 saturated heterocycles. The van der Waals surface area contributed by atoms with Crippen molar-refractivity contribution in [2.24, 2.45) is 4.99 Å². The van der Waals surface area contributed by atoms with Crippen LogP contribution in [0.5, 0.6) is 0 Å². The lowest BCUT2D eigenvalue weighted by molar-refractivity contribution is -0.117. The molecule has 1 fully saturated rings. The van der Waals surface area contributed by atoms with E-state index in [-0.39, 0.29) is 47.7 Å². The van der Waals surface area contributed by atoms with Crippen molar-refractivity contribution in [1.82, 2.24) is 14.0 Å². The molecular formula is C33H30N4O5. The average Bonchev–Trinajstić information content (AvgIpc) is 3.53. The first-order chi connectivity index (χ1) is 20.5. The number of rotatable bonds is 7. The Kier molecular flexibility index (Phi) is 7.74. The van der Waals surface area contributed by atoms with E-state index in [4.69, 9.17) is 14.5 Å². The SMILES string of the molecule is CCOC(=O)c1cc2c(=O)n3ccccc3nc2n(CC2CCCO2)c1=NC(=O)Cc1ccc(-c2ccccc2)cc1. The van der Waals surface area contributed by atoms with Gasteiger partial charge in [-0.25, -0.2) is 9.78 Å². The number of fused-ring (bicyclic) bond motifs is 2. The molecule has 5 aromatic rings. The van der Waals surface area contributed by atoms with E-state index in [0.717, 1.165) is 29.5 Å². The van der Waals surface area contributed by atoms with Crippen LogP contribution in [-0.4, -0.2) is 45.1 Å². The minimum atomic E-state index is -0.670. The molecule has 6 rings (SSSR count). The van der Waals surface area contributed by atoms with E-state index in [1.165, 1.54) is 10.5 Å². The van der Waals surface area contributed by atoms with Gasteiger partial charge in [0.2, 0.25) is 0 Å². The Bertz CT molecular complexity index is 1900. The highest BCUT2D eigenvalue weighted by Gasteiger charge is 2.23. The van der Waals surface area contributed by atoms with Crippen molar-refractivity contribution in [2.45, 2.75) is 38.8 Å². The van der Waals surface area contributed by atoms with Gasteiger partial charge in [-0.1, -0.05) is 60.7 Å². The van der Waals surface area contributed by atoms with Gasteiger partial charge in [-0.15, -0.1) is 0 Å². The van der Waals surface area contributed by atoms with Gasteiger partial charge in [0.25, 0.3) is 11.5 Å². The molecule has 0 spiro atoms. The molecule has 1 aliphatic rings. The third-order valence-electron chi connectivity index (χ3n) is 7.34. The topological polar surface area (TPSA) is 104 Å². The normalized spacial score (nSPS) is 15.4. The van der Waals surface area contributed by atoms with E-state index in [1.54, 1.807) is 35.9 Å². The van der Waals surface area contributed by atoms with Crippen LogP contribution in [0.2, 0.25) is 0 Å². The summed E-state index contributed by atoms with van der Waals surface area (Å²) < 4.78 is 14.3. The lowest BCUT2D eigenvalue weighted by Crippen LogP contribution is -2.35. The summed E-state index contributed by atoms with van der Waals surface area (Å²) in [7, 11) is 0. The third kappa shape index (κ3) is 5.51. The number of carbonyl (C=O) groups excluding carboxylic acids is 2.